The first-order valence-electron chi connectivity index (χ1n) is 9.33. The minimum atomic E-state index is -0.573. The van der Waals surface area contributed by atoms with E-state index in [1.54, 1.807) is 30.3 Å². The van der Waals surface area contributed by atoms with E-state index in [9.17, 15) is 14.0 Å². The lowest BCUT2D eigenvalue weighted by molar-refractivity contribution is -0.124. The van der Waals surface area contributed by atoms with Crippen molar-refractivity contribution >= 4 is 11.8 Å². The van der Waals surface area contributed by atoms with Gasteiger partial charge in [0.15, 0.2) is 18.1 Å². The second kappa shape index (κ2) is 9.38. The van der Waals surface area contributed by atoms with Crippen LogP contribution in [0.3, 0.4) is 0 Å². The van der Waals surface area contributed by atoms with E-state index in [2.05, 4.69) is 10.6 Å². The lowest BCUT2D eigenvalue weighted by Gasteiger charge is -2.33. The van der Waals surface area contributed by atoms with Gasteiger partial charge in [0.05, 0.1) is 13.2 Å². The second-order valence-corrected chi connectivity index (χ2v) is 6.83. The number of methoxy groups -OCH3 is 1. The van der Waals surface area contributed by atoms with Crippen molar-refractivity contribution in [1.29, 1.82) is 0 Å². The number of primary amides is 1. The summed E-state index contributed by atoms with van der Waals surface area (Å²) in [6, 6.07) is 11.2. The molecule has 1 saturated heterocycles. The monoisotopic (exact) mass is 401 g/mol. The van der Waals surface area contributed by atoms with E-state index in [4.69, 9.17) is 15.2 Å². The average Bonchev–Trinajstić information content (AvgIpc) is 2.72. The third kappa shape index (κ3) is 5.23. The number of hydrogen-bond acceptors (Lipinski definition) is 5. The Hall–Kier alpha value is -3.13. The molecule has 7 nitrogen and oxygen atoms in total. The van der Waals surface area contributed by atoms with Crippen molar-refractivity contribution in [3.8, 4) is 11.5 Å². The normalized spacial score (nSPS) is 18.8. The molecule has 2 aromatic carbocycles. The molecule has 0 aromatic heterocycles. The van der Waals surface area contributed by atoms with Gasteiger partial charge >= 0.3 is 0 Å². The molecule has 1 aliphatic rings. The summed E-state index contributed by atoms with van der Waals surface area (Å²) in [6.45, 7) is 0.248. The minimum absolute atomic E-state index is 0.0890. The molecule has 0 unspecified atom stereocenters. The van der Waals surface area contributed by atoms with E-state index in [0.29, 0.717) is 36.4 Å². The van der Waals surface area contributed by atoms with Crippen LogP contribution in [0.1, 0.15) is 30.0 Å². The van der Waals surface area contributed by atoms with E-state index in [1.807, 2.05) is 6.07 Å². The summed E-state index contributed by atoms with van der Waals surface area (Å²) in [6.07, 6.45) is 0.980. The van der Waals surface area contributed by atoms with Crippen LogP contribution in [0.25, 0.3) is 0 Å². The maximum Gasteiger partial charge on any atom is 0.255 e. The highest BCUT2D eigenvalue weighted by Gasteiger charge is 2.31. The summed E-state index contributed by atoms with van der Waals surface area (Å²) in [5.41, 5.74) is 6.48. The highest BCUT2D eigenvalue weighted by molar-refractivity contribution is 5.77. The van der Waals surface area contributed by atoms with E-state index in [1.165, 1.54) is 13.2 Å². The Balaban J connectivity index is 1.71. The molecule has 154 valence electrons. The third-order valence-corrected chi connectivity index (χ3v) is 4.81. The molecule has 2 amide bonds. The highest BCUT2D eigenvalue weighted by Crippen LogP contribution is 2.29. The summed E-state index contributed by atoms with van der Waals surface area (Å²) < 4.78 is 24.9. The van der Waals surface area contributed by atoms with E-state index >= 15 is 0 Å². The largest absolute Gasteiger partial charge is 0.493 e. The summed E-state index contributed by atoms with van der Waals surface area (Å²) in [7, 11) is 1.51. The molecule has 0 spiro atoms. The Bertz CT molecular complexity index is 890. The smallest absolute Gasteiger partial charge is 0.255 e. The average molecular weight is 401 g/mol. The molecule has 1 fully saturated rings. The number of halogens is 1. The summed E-state index contributed by atoms with van der Waals surface area (Å²) in [4.78, 5) is 22.8. The highest BCUT2D eigenvalue weighted by atomic mass is 19.1. The molecule has 0 aliphatic carbocycles. The number of benzene rings is 2. The van der Waals surface area contributed by atoms with Gasteiger partial charge in [-0.25, -0.2) is 4.39 Å². The Morgan fingerprint density at radius 1 is 1.28 bits per heavy atom. The quantitative estimate of drug-likeness (QED) is 0.626. The number of carbonyl (C=O) groups is 2. The number of rotatable bonds is 8. The fourth-order valence-corrected chi connectivity index (χ4v) is 3.38. The number of nitrogens with two attached hydrogens (primary N) is 1. The van der Waals surface area contributed by atoms with Crippen LogP contribution in [0.2, 0.25) is 0 Å². The summed E-state index contributed by atoms with van der Waals surface area (Å²) >= 11 is 0. The molecule has 4 N–H and O–H groups in total. The van der Waals surface area contributed by atoms with Gasteiger partial charge < -0.3 is 25.8 Å². The van der Waals surface area contributed by atoms with Crippen LogP contribution in [0.15, 0.2) is 42.5 Å². The van der Waals surface area contributed by atoms with Crippen LogP contribution in [-0.2, 0) is 16.1 Å². The van der Waals surface area contributed by atoms with Crippen LogP contribution in [0.4, 0.5) is 4.39 Å². The zero-order chi connectivity index (χ0) is 20.8. The fraction of sp³-hybridized carbons (Fsp3) is 0.333. The molecule has 3 rings (SSSR count). The molecular formula is C21H24FN3O4. The van der Waals surface area contributed by atoms with Crippen molar-refractivity contribution in [2.75, 3.05) is 13.7 Å². The number of ether oxygens (including phenoxy) is 2. The van der Waals surface area contributed by atoms with E-state index < -0.39 is 11.9 Å². The number of amides is 2. The summed E-state index contributed by atoms with van der Waals surface area (Å²) in [5, 5.41) is 6.29. The Morgan fingerprint density at radius 3 is 2.79 bits per heavy atom. The number of carbonyl (C=O) groups excluding carboxylic acids is 2. The van der Waals surface area contributed by atoms with Crippen molar-refractivity contribution in [3.05, 3.63) is 59.4 Å². The fourth-order valence-electron chi connectivity index (χ4n) is 3.38. The molecule has 2 aromatic rings. The van der Waals surface area contributed by atoms with Crippen molar-refractivity contribution in [3.63, 3.8) is 0 Å². The minimum Gasteiger partial charge on any atom is -0.493 e. The molecule has 0 bridgehead atoms. The van der Waals surface area contributed by atoms with Crippen molar-refractivity contribution in [1.82, 2.24) is 10.6 Å². The molecule has 29 heavy (non-hydrogen) atoms. The van der Waals surface area contributed by atoms with Crippen molar-refractivity contribution < 1.29 is 23.5 Å². The standard InChI is InChI=1S/C21H24FN3O4/c1-28-18-10-13(6-8-17(18)29-12-19(23)26)11-24-16-7-9-20(27)25-21(16)14-4-2-3-5-15(14)22/h2-6,8,10,16,21,24H,7,9,11-12H2,1H3,(H2,23,26)(H,25,27)/t16-,21+/m1/s1. The predicted octanol–water partition coefficient (Wildman–Crippen LogP) is 1.81. The van der Waals surface area contributed by atoms with Gasteiger partial charge in [-0.15, -0.1) is 0 Å². The van der Waals surface area contributed by atoms with Crippen LogP contribution in [0.5, 0.6) is 11.5 Å². The van der Waals surface area contributed by atoms with Gasteiger partial charge in [-0.05, 0) is 30.2 Å². The van der Waals surface area contributed by atoms with Gasteiger partial charge in [0.2, 0.25) is 5.91 Å². The van der Waals surface area contributed by atoms with Crippen LogP contribution in [0, 0.1) is 5.82 Å². The van der Waals surface area contributed by atoms with Gasteiger partial charge in [-0.2, -0.15) is 0 Å². The molecule has 1 heterocycles. The molecule has 2 atom stereocenters. The van der Waals surface area contributed by atoms with E-state index in [0.717, 1.165) is 5.56 Å². The van der Waals surface area contributed by atoms with E-state index in [-0.39, 0.29) is 24.4 Å². The lowest BCUT2D eigenvalue weighted by atomic mass is 9.91. The SMILES string of the molecule is COc1cc(CN[C@@H]2CCC(=O)N[C@H]2c2ccccc2F)ccc1OCC(N)=O. The molecule has 0 radical (unpaired) electrons. The maximum absolute atomic E-state index is 14.3. The first-order valence-corrected chi connectivity index (χ1v) is 9.33. The van der Waals surface area contributed by atoms with Crippen molar-refractivity contribution in [2.45, 2.75) is 31.5 Å². The zero-order valence-electron chi connectivity index (χ0n) is 16.1. The second-order valence-electron chi connectivity index (χ2n) is 6.83. The van der Waals surface area contributed by atoms with Crippen LogP contribution >= 0.6 is 0 Å². The predicted molar refractivity (Wildman–Crippen MR) is 105 cm³/mol. The number of piperidine rings is 1. The first kappa shape index (κ1) is 20.6. The molecule has 1 aliphatic heterocycles. The molecule has 8 heteroatoms. The Morgan fingerprint density at radius 2 is 2.07 bits per heavy atom. The Kier molecular flexibility index (Phi) is 6.66. The van der Waals surface area contributed by atoms with Gasteiger partial charge in [0.25, 0.3) is 5.91 Å². The molecular weight excluding hydrogens is 377 g/mol. The Labute approximate surface area is 168 Å². The van der Waals surface area contributed by atoms with Gasteiger partial charge in [-0.1, -0.05) is 24.3 Å². The van der Waals surface area contributed by atoms with Crippen LogP contribution in [-0.4, -0.2) is 31.6 Å². The van der Waals surface area contributed by atoms with Gasteiger partial charge in [0, 0.05) is 24.6 Å². The lowest BCUT2D eigenvalue weighted by Crippen LogP contribution is -2.48. The first-order chi connectivity index (χ1) is 14.0. The molecule has 0 saturated carbocycles. The van der Waals surface area contributed by atoms with Crippen LogP contribution < -0.4 is 25.8 Å². The zero-order valence-corrected chi connectivity index (χ0v) is 16.1. The topological polar surface area (TPSA) is 103 Å². The summed E-state index contributed by atoms with van der Waals surface area (Å²) in [5.74, 6) is -0.105. The maximum atomic E-state index is 14.3. The van der Waals surface area contributed by atoms with Gasteiger partial charge in [0.1, 0.15) is 5.82 Å². The third-order valence-electron chi connectivity index (χ3n) is 4.81. The number of hydrogen-bond donors (Lipinski definition) is 3. The number of nitrogens with one attached hydrogen (secondary N) is 2. The van der Waals surface area contributed by atoms with Crippen molar-refractivity contribution in [2.24, 2.45) is 5.73 Å². The van der Waals surface area contributed by atoms with Gasteiger partial charge in [-0.3, -0.25) is 9.59 Å².